The van der Waals surface area contributed by atoms with E-state index in [2.05, 4.69) is 26.8 Å². The fourth-order valence-corrected chi connectivity index (χ4v) is 4.70. The van der Waals surface area contributed by atoms with Crippen LogP contribution >= 0.6 is 0 Å². The van der Waals surface area contributed by atoms with Crippen molar-refractivity contribution in [1.82, 2.24) is 4.90 Å². The summed E-state index contributed by atoms with van der Waals surface area (Å²) in [5.74, 6) is 0.0622. The van der Waals surface area contributed by atoms with Gasteiger partial charge in [0, 0.05) is 12.8 Å². The van der Waals surface area contributed by atoms with Crippen molar-refractivity contribution in [3.8, 4) is 0 Å². The van der Waals surface area contributed by atoms with Crippen molar-refractivity contribution < 1.29 is 9.59 Å². The van der Waals surface area contributed by atoms with Gasteiger partial charge >= 0.3 is 0 Å². The molecule has 1 unspecified atom stereocenters. The van der Waals surface area contributed by atoms with Crippen molar-refractivity contribution in [3.05, 3.63) is 11.6 Å². The summed E-state index contributed by atoms with van der Waals surface area (Å²) in [5.41, 5.74) is 1.21. The van der Waals surface area contributed by atoms with Gasteiger partial charge in [-0.3, -0.25) is 14.5 Å². The van der Waals surface area contributed by atoms with Crippen molar-refractivity contribution >= 4 is 11.8 Å². The average molecular weight is 434 g/mol. The van der Waals surface area contributed by atoms with Gasteiger partial charge < -0.3 is 0 Å². The first kappa shape index (κ1) is 27.9. The lowest BCUT2D eigenvalue weighted by Crippen LogP contribution is -2.40. The Bertz CT molecular complexity index is 495. The maximum Gasteiger partial charge on any atom is 0.230 e. The summed E-state index contributed by atoms with van der Waals surface area (Å²) < 4.78 is 0. The molecule has 2 amide bonds. The highest BCUT2D eigenvalue weighted by atomic mass is 16.2. The highest BCUT2D eigenvalue weighted by Gasteiger charge is 2.35. The number of hydrogen-bond acceptors (Lipinski definition) is 2. The molecule has 0 spiro atoms. The molecule has 3 heteroatoms. The topological polar surface area (TPSA) is 37.4 Å². The molecule has 0 radical (unpaired) electrons. The predicted molar refractivity (Wildman–Crippen MR) is 133 cm³/mol. The van der Waals surface area contributed by atoms with E-state index in [-0.39, 0.29) is 17.9 Å². The molecule has 31 heavy (non-hydrogen) atoms. The molecule has 1 heterocycles. The third-order valence-electron chi connectivity index (χ3n) is 6.78. The molecule has 0 N–H and O–H groups in total. The van der Waals surface area contributed by atoms with Gasteiger partial charge in [-0.25, -0.2) is 0 Å². The van der Waals surface area contributed by atoms with Crippen LogP contribution in [0.2, 0.25) is 0 Å². The SMILES string of the molecule is CCCC/C=C(\C)C(CCCCCCCCCCCCCCCC)N1C(=O)CCC1=O. The van der Waals surface area contributed by atoms with Gasteiger partial charge in [-0.2, -0.15) is 0 Å². The molecule has 3 nitrogen and oxygen atoms in total. The lowest BCUT2D eigenvalue weighted by molar-refractivity contribution is -0.140. The van der Waals surface area contributed by atoms with E-state index in [1.165, 1.54) is 102 Å². The molecule has 1 aliphatic rings. The third-order valence-corrected chi connectivity index (χ3v) is 6.78. The second-order valence-electron chi connectivity index (χ2n) is 9.65. The van der Waals surface area contributed by atoms with Crippen LogP contribution in [0.1, 0.15) is 149 Å². The van der Waals surface area contributed by atoms with E-state index in [1.54, 1.807) is 4.90 Å². The molecular weight excluding hydrogens is 382 g/mol. The largest absolute Gasteiger partial charge is 0.275 e. The first-order valence-electron chi connectivity index (χ1n) is 13.6. The molecule has 1 aliphatic heterocycles. The summed E-state index contributed by atoms with van der Waals surface area (Å²) in [6.45, 7) is 6.59. The van der Waals surface area contributed by atoms with Gasteiger partial charge in [-0.1, -0.05) is 128 Å². The van der Waals surface area contributed by atoms with Crippen molar-refractivity contribution in [1.29, 1.82) is 0 Å². The molecular formula is C28H51NO2. The van der Waals surface area contributed by atoms with Crippen LogP contribution in [-0.2, 0) is 9.59 Å². The molecule has 1 fully saturated rings. The van der Waals surface area contributed by atoms with E-state index in [0.717, 1.165) is 19.3 Å². The minimum Gasteiger partial charge on any atom is -0.275 e. The van der Waals surface area contributed by atoms with Crippen LogP contribution in [0.3, 0.4) is 0 Å². The molecule has 0 aliphatic carbocycles. The second kappa shape index (κ2) is 18.5. The standard InChI is InChI=1S/C28H51NO2/c1-4-6-8-9-10-11-12-13-14-15-16-17-18-20-22-26(25(3)21-19-7-5-2)29-27(30)23-24-28(29)31/h21,26H,4-20,22-24H2,1-3H3/b25-21+. The normalized spacial score (nSPS) is 15.8. The van der Waals surface area contributed by atoms with Crippen LogP contribution in [0.25, 0.3) is 0 Å². The van der Waals surface area contributed by atoms with Crippen LogP contribution in [0, 0.1) is 0 Å². The van der Waals surface area contributed by atoms with Gasteiger partial charge in [0.05, 0.1) is 6.04 Å². The van der Waals surface area contributed by atoms with Crippen molar-refractivity contribution in [3.63, 3.8) is 0 Å². The summed E-state index contributed by atoms with van der Waals surface area (Å²) in [5, 5.41) is 0. The number of rotatable bonds is 20. The Morgan fingerprint density at radius 3 is 1.58 bits per heavy atom. The smallest absolute Gasteiger partial charge is 0.230 e. The molecule has 0 saturated carbocycles. The molecule has 1 rings (SSSR count). The summed E-state index contributed by atoms with van der Waals surface area (Å²) in [6, 6.07) is -0.00307. The van der Waals surface area contributed by atoms with Crippen molar-refractivity contribution in [2.75, 3.05) is 0 Å². The minimum absolute atomic E-state index is 0.00307. The summed E-state index contributed by atoms with van der Waals surface area (Å²) in [4.78, 5) is 26.2. The fraction of sp³-hybridized carbons (Fsp3) is 0.857. The van der Waals surface area contributed by atoms with Crippen LogP contribution in [-0.4, -0.2) is 22.8 Å². The Labute approximate surface area is 193 Å². The third kappa shape index (κ3) is 12.5. The first-order chi connectivity index (χ1) is 15.1. The van der Waals surface area contributed by atoms with E-state index in [9.17, 15) is 9.59 Å². The van der Waals surface area contributed by atoms with Gasteiger partial charge in [0.25, 0.3) is 0 Å². The summed E-state index contributed by atoms with van der Waals surface area (Å²) in [7, 11) is 0. The number of unbranched alkanes of at least 4 members (excludes halogenated alkanes) is 15. The van der Waals surface area contributed by atoms with Crippen LogP contribution in [0.15, 0.2) is 11.6 Å². The lowest BCUT2D eigenvalue weighted by Gasteiger charge is -2.27. The average Bonchev–Trinajstić information content (AvgIpc) is 3.09. The number of carbonyl (C=O) groups excluding carboxylic acids is 2. The number of likely N-dealkylation sites (tertiary alicyclic amines) is 1. The van der Waals surface area contributed by atoms with Crippen molar-refractivity contribution in [2.24, 2.45) is 0 Å². The van der Waals surface area contributed by atoms with E-state index in [0.29, 0.717) is 12.8 Å². The van der Waals surface area contributed by atoms with Gasteiger partial charge in [-0.05, 0) is 19.8 Å². The Kier molecular flexibility index (Phi) is 16.6. The Morgan fingerprint density at radius 1 is 0.710 bits per heavy atom. The molecule has 0 bridgehead atoms. The minimum atomic E-state index is -0.00307. The number of carbonyl (C=O) groups is 2. The van der Waals surface area contributed by atoms with Crippen LogP contribution in [0.5, 0.6) is 0 Å². The van der Waals surface area contributed by atoms with E-state index in [1.807, 2.05) is 0 Å². The zero-order chi connectivity index (χ0) is 22.7. The summed E-state index contributed by atoms with van der Waals surface area (Å²) in [6.07, 6.45) is 26.3. The highest BCUT2D eigenvalue weighted by molar-refractivity contribution is 6.02. The number of imide groups is 1. The second-order valence-corrected chi connectivity index (χ2v) is 9.65. The summed E-state index contributed by atoms with van der Waals surface area (Å²) >= 11 is 0. The highest BCUT2D eigenvalue weighted by Crippen LogP contribution is 2.25. The number of hydrogen-bond donors (Lipinski definition) is 0. The van der Waals surface area contributed by atoms with Gasteiger partial charge in [-0.15, -0.1) is 0 Å². The number of amides is 2. The monoisotopic (exact) mass is 433 g/mol. The fourth-order valence-electron chi connectivity index (χ4n) is 4.70. The van der Waals surface area contributed by atoms with E-state index >= 15 is 0 Å². The maximum absolute atomic E-state index is 12.3. The number of nitrogens with zero attached hydrogens (tertiary/aromatic N) is 1. The first-order valence-corrected chi connectivity index (χ1v) is 13.6. The van der Waals surface area contributed by atoms with E-state index in [4.69, 9.17) is 0 Å². The van der Waals surface area contributed by atoms with Crippen molar-refractivity contribution in [2.45, 2.75) is 155 Å². The maximum atomic E-state index is 12.3. The predicted octanol–water partition coefficient (Wildman–Crippen LogP) is 8.51. The molecule has 180 valence electrons. The Morgan fingerprint density at radius 2 is 1.13 bits per heavy atom. The molecule has 0 aromatic carbocycles. The lowest BCUT2D eigenvalue weighted by atomic mass is 9.97. The molecule has 0 aromatic heterocycles. The molecule has 1 saturated heterocycles. The zero-order valence-corrected chi connectivity index (χ0v) is 21.1. The van der Waals surface area contributed by atoms with Crippen LogP contribution in [0.4, 0.5) is 0 Å². The molecule has 1 atom stereocenters. The van der Waals surface area contributed by atoms with Gasteiger partial charge in [0.2, 0.25) is 11.8 Å². The van der Waals surface area contributed by atoms with Crippen LogP contribution < -0.4 is 0 Å². The number of allylic oxidation sites excluding steroid dienone is 1. The Hall–Kier alpha value is -1.12. The van der Waals surface area contributed by atoms with Gasteiger partial charge in [0.1, 0.15) is 0 Å². The quantitative estimate of drug-likeness (QED) is 0.110. The van der Waals surface area contributed by atoms with E-state index < -0.39 is 0 Å². The molecule has 0 aromatic rings. The Balaban J connectivity index is 2.18. The van der Waals surface area contributed by atoms with Gasteiger partial charge in [0.15, 0.2) is 0 Å². The zero-order valence-electron chi connectivity index (χ0n) is 21.1.